The molecule has 0 heterocycles. The maximum Gasteiger partial charge on any atom is 0.373 e. The first-order chi connectivity index (χ1) is 12.4. The van der Waals surface area contributed by atoms with Crippen LogP contribution in [0.4, 0.5) is 0 Å². The van der Waals surface area contributed by atoms with Gasteiger partial charge in [-0.05, 0) is 17.5 Å². The van der Waals surface area contributed by atoms with Gasteiger partial charge >= 0.3 is 24.2 Å². The molecule has 0 amide bonds. The van der Waals surface area contributed by atoms with E-state index in [2.05, 4.69) is 0 Å². The van der Waals surface area contributed by atoms with Crippen LogP contribution in [0.1, 0.15) is 48.4 Å². The van der Waals surface area contributed by atoms with Gasteiger partial charge in [0.05, 0.1) is 11.1 Å². The first-order valence-corrected chi connectivity index (χ1v) is 7.41. The third-order valence-corrected chi connectivity index (χ3v) is 2.37. The topological polar surface area (TPSA) is 143 Å². The smallest absolute Gasteiger partial charge is 0.373 e. The van der Waals surface area contributed by atoms with E-state index in [-0.39, 0.29) is 28.8 Å². The minimum Gasteiger partial charge on any atom is -0.478 e. The molecular weight excluding hydrogens is 344 g/mol. The van der Waals surface area contributed by atoms with Crippen LogP contribution in [-0.4, -0.2) is 34.5 Å². The van der Waals surface area contributed by atoms with E-state index in [1.54, 1.807) is 24.3 Å². The molecule has 8 nitrogen and oxygen atoms in total. The average Bonchev–Trinajstić information content (AvgIpc) is 2.65. The molecular formula is C18H20O8. The molecule has 0 aliphatic rings. The second kappa shape index (κ2) is 17.7. The molecule has 2 N–H and O–H groups in total. The van der Waals surface area contributed by atoms with Crippen molar-refractivity contribution in [3.63, 3.8) is 0 Å². The molecule has 0 aliphatic carbocycles. The normalized spacial score (nSPS) is 7.38. The molecule has 0 spiro atoms. The lowest BCUT2D eigenvalue weighted by atomic mass is 9.99. The Morgan fingerprint density at radius 3 is 1.19 bits per heavy atom. The van der Waals surface area contributed by atoms with Gasteiger partial charge in [-0.15, -0.1) is 0 Å². The molecule has 8 heteroatoms. The van der Waals surface area contributed by atoms with Gasteiger partial charge in [0, 0.05) is 5.39 Å². The number of hydrogen-bond donors (Lipinski definition) is 2. The molecule has 26 heavy (non-hydrogen) atoms. The van der Waals surface area contributed by atoms with Crippen molar-refractivity contribution in [2.45, 2.75) is 27.7 Å². The highest BCUT2D eigenvalue weighted by molar-refractivity contribution is 6.12. The van der Waals surface area contributed by atoms with Crippen molar-refractivity contribution >= 4 is 35.0 Å². The van der Waals surface area contributed by atoms with E-state index < -0.39 is 11.9 Å². The maximum atomic E-state index is 11.0. The predicted octanol–water partition coefficient (Wildman–Crippen LogP) is 3.12. The largest absolute Gasteiger partial charge is 0.478 e. The standard InChI is InChI=1S/C12H8O4.2C2H6.2CO2/c13-11(14)8-5-1-3-7-4-2-6-9(10(7)8)12(15)16;2*1-2;2*2-1-3/h1-6H,(H,13,14)(H,15,16);2*1-2H3;;. The van der Waals surface area contributed by atoms with Gasteiger partial charge in [-0.25, -0.2) is 9.59 Å². The minimum absolute atomic E-state index is 0.00972. The van der Waals surface area contributed by atoms with E-state index in [1.807, 2.05) is 27.7 Å². The SMILES string of the molecule is CC.CC.O=C(O)c1cccc2cccc(C(=O)O)c12.O=C=O.O=C=O. The molecule has 2 aromatic rings. The highest BCUT2D eigenvalue weighted by Crippen LogP contribution is 2.23. The summed E-state index contributed by atoms with van der Waals surface area (Å²) in [5.74, 6) is -2.25. The number of carboxylic acids is 2. The van der Waals surface area contributed by atoms with E-state index in [0.717, 1.165) is 0 Å². The lowest BCUT2D eigenvalue weighted by Crippen LogP contribution is -2.03. The summed E-state index contributed by atoms with van der Waals surface area (Å²) >= 11 is 0. The zero-order chi connectivity index (χ0) is 21.1. The fourth-order valence-corrected chi connectivity index (χ4v) is 1.70. The summed E-state index contributed by atoms with van der Waals surface area (Å²) < 4.78 is 0. The van der Waals surface area contributed by atoms with Gasteiger partial charge in [-0.2, -0.15) is 19.2 Å². The first kappa shape index (κ1) is 27.3. The van der Waals surface area contributed by atoms with Crippen LogP contribution < -0.4 is 0 Å². The van der Waals surface area contributed by atoms with Gasteiger partial charge in [-0.3, -0.25) is 0 Å². The highest BCUT2D eigenvalue weighted by Gasteiger charge is 2.15. The molecule has 0 radical (unpaired) electrons. The molecule has 2 rings (SSSR count). The maximum absolute atomic E-state index is 11.0. The summed E-state index contributed by atoms with van der Waals surface area (Å²) in [6, 6.07) is 9.37. The summed E-state index contributed by atoms with van der Waals surface area (Å²) in [6.45, 7) is 8.00. The zero-order valence-corrected chi connectivity index (χ0v) is 14.8. The predicted molar refractivity (Wildman–Crippen MR) is 90.6 cm³/mol. The Hall–Kier alpha value is -3.60. The molecule has 0 unspecified atom stereocenters. The van der Waals surface area contributed by atoms with Gasteiger partial charge in [0.1, 0.15) is 0 Å². The number of carbonyl (C=O) groups is 2. The van der Waals surface area contributed by atoms with Crippen LogP contribution in [0.15, 0.2) is 36.4 Å². The van der Waals surface area contributed by atoms with Crippen molar-refractivity contribution in [3.05, 3.63) is 47.5 Å². The third-order valence-electron chi connectivity index (χ3n) is 2.37. The average molecular weight is 364 g/mol. The Labute approximate surface area is 150 Å². The fourth-order valence-electron chi connectivity index (χ4n) is 1.70. The van der Waals surface area contributed by atoms with Crippen LogP contribution in [0.2, 0.25) is 0 Å². The van der Waals surface area contributed by atoms with Crippen LogP contribution in [0.3, 0.4) is 0 Å². The molecule has 0 saturated heterocycles. The monoisotopic (exact) mass is 364 g/mol. The van der Waals surface area contributed by atoms with Crippen molar-refractivity contribution in [1.82, 2.24) is 0 Å². The van der Waals surface area contributed by atoms with Crippen molar-refractivity contribution in [3.8, 4) is 0 Å². The quantitative estimate of drug-likeness (QED) is 0.827. The number of benzene rings is 2. The molecule has 0 bridgehead atoms. The Bertz CT molecular complexity index is 692. The molecule has 0 saturated carbocycles. The number of carbonyl (C=O) groups excluding carboxylic acids is 4. The Morgan fingerprint density at radius 1 is 0.692 bits per heavy atom. The number of aromatic carboxylic acids is 2. The van der Waals surface area contributed by atoms with Crippen LogP contribution in [0, 0.1) is 0 Å². The van der Waals surface area contributed by atoms with Gasteiger partial charge < -0.3 is 10.2 Å². The van der Waals surface area contributed by atoms with Gasteiger partial charge in [0.2, 0.25) is 0 Å². The van der Waals surface area contributed by atoms with Crippen molar-refractivity contribution in [1.29, 1.82) is 0 Å². The summed E-state index contributed by atoms with van der Waals surface area (Å²) in [7, 11) is 0. The lowest BCUT2D eigenvalue weighted by Gasteiger charge is -2.05. The molecule has 2 aromatic carbocycles. The number of carboxylic acid groups (broad SMARTS) is 2. The van der Waals surface area contributed by atoms with Gasteiger partial charge in [0.25, 0.3) is 0 Å². The second-order valence-corrected chi connectivity index (χ2v) is 3.49. The van der Waals surface area contributed by atoms with Gasteiger partial charge in [0.15, 0.2) is 0 Å². The minimum atomic E-state index is -1.13. The van der Waals surface area contributed by atoms with Crippen LogP contribution in [0.5, 0.6) is 0 Å². The molecule has 0 aromatic heterocycles. The summed E-state index contributed by atoms with van der Waals surface area (Å²) in [5.41, 5.74) is 0.0194. The van der Waals surface area contributed by atoms with Crippen molar-refractivity contribution in [2.75, 3.05) is 0 Å². The Morgan fingerprint density at radius 2 is 0.962 bits per heavy atom. The Balaban J connectivity index is -0.000000450. The summed E-state index contributed by atoms with van der Waals surface area (Å²) in [4.78, 5) is 54.5. The summed E-state index contributed by atoms with van der Waals surface area (Å²) in [5, 5.41) is 18.9. The van der Waals surface area contributed by atoms with Crippen molar-refractivity contribution in [2.24, 2.45) is 0 Å². The highest BCUT2D eigenvalue weighted by atomic mass is 16.4. The molecule has 0 fully saturated rings. The van der Waals surface area contributed by atoms with E-state index in [1.165, 1.54) is 12.1 Å². The number of fused-ring (bicyclic) bond motifs is 1. The third kappa shape index (κ3) is 9.52. The van der Waals surface area contributed by atoms with Crippen molar-refractivity contribution < 1.29 is 39.0 Å². The Kier molecular flexibility index (Phi) is 18.6. The second-order valence-electron chi connectivity index (χ2n) is 3.49. The molecule has 0 atom stereocenters. The van der Waals surface area contributed by atoms with E-state index in [9.17, 15) is 9.59 Å². The molecule has 0 aliphatic heterocycles. The van der Waals surface area contributed by atoms with E-state index in [0.29, 0.717) is 5.39 Å². The van der Waals surface area contributed by atoms with E-state index in [4.69, 9.17) is 29.4 Å². The van der Waals surface area contributed by atoms with Gasteiger partial charge in [-0.1, -0.05) is 52.0 Å². The lowest BCUT2D eigenvalue weighted by molar-refractivity contribution is -0.193. The van der Waals surface area contributed by atoms with E-state index >= 15 is 0 Å². The number of rotatable bonds is 2. The zero-order valence-electron chi connectivity index (χ0n) is 14.8. The first-order valence-electron chi connectivity index (χ1n) is 7.41. The van der Waals surface area contributed by atoms with Crippen LogP contribution in [-0.2, 0) is 19.2 Å². The fraction of sp³-hybridized carbons (Fsp3) is 0.222. The molecule has 140 valence electrons. The van der Waals surface area contributed by atoms with Crippen LogP contribution >= 0.6 is 0 Å². The number of hydrogen-bond acceptors (Lipinski definition) is 6. The summed E-state index contributed by atoms with van der Waals surface area (Å²) in [6.07, 6.45) is 0.500. The van der Waals surface area contributed by atoms with Crippen LogP contribution in [0.25, 0.3) is 10.8 Å².